The van der Waals surface area contributed by atoms with E-state index in [-0.39, 0.29) is 5.97 Å². The van der Waals surface area contributed by atoms with Crippen molar-refractivity contribution in [2.45, 2.75) is 6.92 Å². The highest BCUT2D eigenvalue weighted by Crippen LogP contribution is 2.40. The molecule has 2 N–H and O–H groups in total. The first-order valence-corrected chi connectivity index (χ1v) is 8.10. The Morgan fingerprint density at radius 1 is 1.08 bits per heavy atom. The molecule has 0 aliphatic carbocycles. The normalized spacial score (nSPS) is 13.5. The summed E-state index contributed by atoms with van der Waals surface area (Å²) < 4.78 is 5.27. The van der Waals surface area contributed by atoms with E-state index in [0.29, 0.717) is 18.7 Å². The summed E-state index contributed by atoms with van der Waals surface area (Å²) in [6.45, 7) is 2.65. The van der Waals surface area contributed by atoms with Crippen molar-refractivity contribution in [1.82, 2.24) is 4.98 Å². The molecule has 4 nitrogen and oxygen atoms in total. The van der Waals surface area contributed by atoms with Crippen LogP contribution in [0.1, 0.15) is 18.2 Å². The zero-order chi connectivity index (χ0) is 16.5. The number of hydrogen-bond donors (Lipinski definition) is 2. The molecule has 0 radical (unpaired) electrons. The van der Waals surface area contributed by atoms with Crippen molar-refractivity contribution in [2.75, 3.05) is 18.5 Å². The maximum atomic E-state index is 12.5. The molecule has 4 heteroatoms. The number of fused-ring (bicyclic) bond motifs is 3. The standard InChI is InChI=1S/C20H18N2O2/c1-2-24-20(23)15-12-21-18-14-10-6-7-11-16(14)22-19(18)17(15)13-8-4-3-5-9-13/h3-11,21-22H,2,12H2,1H3. The zero-order valence-corrected chi connectivity index (χ0v) is 13.4. The molecule has 0 atom stereocenters. The third-order valence-corrected chi connectivity index (χ3v) is 4.28. The van der Waals surface area contributed by atoms with Gasteiger partial charge in [0.15, 0.2) is 0 Å². The van der Waals surface area contributed by atoms with E-state index in [2.05, 4.69) is 16.4 Å². The first-order valence-electron chi connectivity index (χ1n) is 8.10. The van der Waals surface area contributed by atoms with Gasteiger partial charge in [0.25, 0.3) is 0 Å². The van der Waals surface area contributed by atoms with Crippen molar-refractivity contribution in [3.63, 3.8) is 0 Å². The van der Waals surface area contributed by atoms with E-state index < -0.39 is 0 Å². The number of anilines is 1. The van der Waals surface area contributed by atoms with Gasteiger partial charge in [-0.15, -0.1) is 0 Å². The third kappa shape index (κ3) is 2.27. The van der Waals surface area contributed by atoms with Crippen LogP contribution in [0.3, 0.4) is 0 Å². The van der Waals surface area contributed by atoms with Gasteiger partial charge in [-0.05, 0) is 18.6 Å². The number of nitrogens with one attached hydrogen (secondary N) is 2. The molecule has 1 aliphatic rings. The molecule has 0 fully saturated rings. The highest BCUT2D eigenvalue weighted by Gasteiger charge is 2.28. The van der Waals surface area contributed by atoms with Gasteiger partial charge in [0.05, 0.1) is 23.6 Å². The molecular formula is C20H18N2O2. The van der Waals surface area contributed by atoms with Crippen LogP contribution in [0.5, 0.6) is 0 Å². The second-order valence-corrected chi connectivity index (χ2v) is 5.71. The van der Waals surface area contributed by atoms with Crippen molar-refractivity contribution >= 4 is 28.1 Å². The summed E-state index contributed by atoms with van der Waals surface area (Å²) >= 11 is 0. The van der Waals surface area contributed by atoms with Crippen molar-refractivity contribution in [1.29, 1.82) is 0 Å². The van der Waals surface area contributed by atoms with E-state index in [1.54, 1.807) is 0 Å². The predicted octanol–water partition coefficient (Wildman–Crippen LogP) is 3.96. The number of esters is 1. The Labute approximate surface area is 140 Å². The number of hydrogen-bond acceptors (Lipinski definition) is 3. The predicted molar refractivity (Wildman–Crippen MR) is 95.9 cm³/mol. The topological polar surface area (TPSA) is 54.1 Å². The number of benzene rings is 2. The van der Waals surface area contributed by atoms with Gasteiger partial charge in [-0.2, -0.15) is 0 Å². The van der Waals surface area contributed by atoms with Gasteiger partial charge in [0.2, 0.25) is 0 Å². The van der Waals surface area contributed by atoms with Crippen LogP contribution in [0.2, 0.25) is 0 Å². The Balaban J connectivity index is 1.98. The molecule has 2 aromatic carbocycles. The summed E-state index contributed by atoms with van der Waals surface area (Å²) in [5.41, 5.74) is 5.61. The van der Waals surface area contributed by atoms with E-state index in [0.717, 1.165) is 33.4 Å². The van der Waals surface area contributed by atoms with Gasteiger partial charge in [0.1, 0.15) is 0 Å². The summed E-state index contributed by atoms with van der Waals surface area (Å²) in [5.74, 6) is -0.270. The van der Waals surface area contributed by atoms with E-state index in [1.165, 1.54) is 0 Å². The number of aromatic amines is 1. The van der Waals surface area contributed by atoms with Gasteiger partial charge >= 0.3 is 5.97 Å². The van der Waals surface area contributed by atoms with Crippen molar-refractivity contribution in [2.24, 2.45) is 0 Å². The summed E-state index contributed by atoms with van der Waals surface area (Å²) in [7, 11) is 0. The van der Waals surface area contributed by atoms with Crippen LogP contribution in [-0.2, 0) is 9.53 Å². The Hall–Kier alpha value is -3.01. The lowest BCUT2D eigenvalue weighted by molar-refractivity contribution is -0.138. The Kier molecular flexibility index (Phi) is 3.58. The fourth-order valence-electron chi connectivity index (χ4n) is 3.24. The van der Waals surface area contributed by atoms with Crippen LogP contribution < -0.4 is 5.32 Å². The first-order chi connectivity index (χ1) is 11.8. The minimum absolute atomic E-state index is 0.270. The molecule has 0 bridgehead atoms. The number of H-pyrrole nitrogens is 1. The van der Waals surface area contributed by atoms with E-state index in [4.69, 9.17) is 4.74 Å². The molecule has 120 valence electrons. The minimum atomic E-state index is -0.270. The molecule has 0 unspecified atom stereocenters. The van der Waals surface area contributed by atoms with Gasteiger partial charge < -0.3 is 15.0 Å². The highest BCUT2D eigenvalue weighted by molar-refractivity contribution is 6.10. The largest absolute Gasteiger partial charge is 0.463 e. The average Bonchev–Trinajstić information content (AvgIpc) is 3.00. The van der Waals surface area contributed by atoms with Crippen molar-refractivity contribution in [3.05, 3.63) is 71.4 Å². The van der Waals surface area contributed by atoms with E-state index in [1.807, 2.05) is 55.5 Å². The molecule has 0 spiro atoms. The third-order valence-electron chi connectivity index (χ3n) is 4.28. The Morgan fingerprint density at radius 3 is 2.62 bits per heavy atom. The molecule has 2 heterocycles. The minimum Gasteiger partial charge on any atom is -0.463 e. The molecule has 0 amide bonds. The number of ether oxygens (including phenoxy) is 1. The number of carbonyl (C=O) groups excluding carboxylic acids is 1. The summed E-state index contributed by atoms with van der Waals surface area (Å²) in [6, 6.07) is 18.1. The van der Waals surface area contributed by atoms with Gasteiger partial charge in [0, 0.05) is 23.0 Å². The highest BCUT2D eigenvalue weighted by atomic mass is 16.5. The molecule has 1 aliphatic heterocycles. The molecule has 24 heavy (non-hydrogen) atoms. The maximum Gasteiger partial charge on any atom is 0.336 e. The van der Waals surface area contributed by atoms with Gasteiger partial charge in [-0.25, -0.2) is 4.79 Å². The van der Waals surface area contributed by atoms with Crippen molar-refractivity contribution < 1.29 is 9.53 Å². The molecule has 0 saturated heterocycles. The second-order valence-electron chi connectivity index (χ2n) is 5.71. The van der Waals surface area contributed by atoms with Crippen LogP contribution in [0.15, 0.2) is 60.2 Å². The first kappa shape index (κ1) is 14.6. The molecular weight excluding hydrogens is 300 g/mol. The molecule has 4 rings (SSSR count). The lowest BCUT2D eigenvalue weighted by atomic mass is 9.93. The smallest absolute Gasteiger partial charge is 0.336 e. The van der Waals surface area contributed by atoms with Gasteiger partial charge in [-0.3, -0.25) is 0 Å². The summed E-state index contributed by atoms with van der Waals surface area (Å²) in [4.78, 5) is 15.9. The summed E-state index contributed by atoms with van der Waals surface area (Å²) in [5, 5.41) is 4.51. The lowest BCUT2D eigenvalue weighted by Crippen LogP contribution is -2.22. The van der Waals surface area contributed by atoms with Gasteiger partial charge in [-0.1, -0.05) is 48.5 Å². The second kappa shape index (κ2) is 5.89. The SMILES string of the molecule is CCOC(=O)C1=C(c2ccccc2)c2[nH]c3ccccc3c2NC1. The van der Waals surface area contributed by atoms with Crippen LogP contribution >= 0.6 is 0 Å². The van der Waals surface area contributed by atoms with Crippen LogP contribution in [0.4, 0.5) is 5.69 Å². The lowest BCUT2D eigenvalue weighted by Gasteiger charge is -2.22. The number of rotatable bonds is 3. The molecule has 0 saturated carbocycles. The molecule has 1 aromatic heterocycles. The number of aromatic nitrogens is 1. The van der Waals surface area contributed by atoms with Crippen molar-refractivity contribution in [3.8, 4) is 0 Å². The average molecular weight is 318 g/mol. The number of para-hydroxylation sites is 1. The van der Waals surface area contributed by atoms with Crippen LogP contribution in [-0.4, -0.2) is 24.1 Å². The van der Waals surface area contributed by atoms with Crippen LogP contribution in [0.25, 0.3) is 16.5 Å². The zero-order valence-electron chi connectivity index (χ0n) is 13.4. The van der Waals surface area contributed by atoms with Crippen LogP contribution in [0, 0.1) is 0 Å². The monoisotopic (exact) mass is 318 g/mol. The maximum absolute atomic E-state index is 12.5. The number of carbonyl (C=O) groups is 1. The quantitative estimate of drug-likeness (QED) is 0.719. The summed E-state index contributed by atoms with van der Waals surface area (Å²) in [6.07, 6.45) is 0. The Morgan fingerprint density at radius 2 is 1.83 bits per heavy atom. The fraction of sp³-hybridized carbons (Fsp3) is 0.150. The van der Waals surface area contributed by atoms with E-state index in [9.17, 15) is 4.79 Å². The molecule has 3 aromatic rings. The fourth-order valence-corrected chi connectivity index (χ4v) is 3.24. The Bertz CT molecular complexity index is 939. The van der Waals surface area contributed by atoms with E-state index >= 15 is 0 Å².